The van der Waals surface area contributed by atoms with Crippen LogP contribution in [-0.4, -0.2) is 24.9 Å². The number of hydrogen-bond acceptors (Lipinski definition) is 5. The van der Waals surface area contributed by atoms with Crippen LogP contribution >= 0.6 is 0 Å². The lowest BCUT2D eigenvalue weighted by Crippen LogP contribution is -2.53. The molecule has 7 nitrogen and oxygen atoms in total. The number of carbonyl (C=O) groups is 1. The fourth-order valence-corrected chi connectivity index (χ4v) is 7.34. The molecule has 0 saturated carbocycles. The Kier molecular flexibility index (Phi) is 7.57. The minimum atomic E-state index is -1.02. The van der Waals surface area contributed by atoms with Crippen molar-refractivity contribution in [1.29, 1.82) is 0 Å². The van der Waals surface area contributed by atoms with Crippen LogP contribution in [0.25, 0.3) is 22.1 Å². The van der Waals surface area contributed by atoms with E-state index in [0.29, 0.717) is 12.8 Å². The van der Waals surface area contributed by atoms with Gasteiger partial charge in [0.15, 0.2) is 5.78 Å². The van der Waals surface area contributed by atoms with Crippen LogP contribution in [0.15, 0.2) is 170 Å². The molecule has 0 radical (unpaired) electrons. The summed E-state index contributed by atoms with van der Waals surface area (Å²) < 4.78 is 4.26. The van der Waals surface area contributed by atoms with Crippen LogP contribution in [0.2, 0.25) is 0 Å². The highest BCUT2D eigenvalue weighted by Crippen LogP contribution is 2.52. The number of carbonyl (C=O) groups excluding carboxylic acids is 1. The van der Waals surface area contributed by atoms with Crippen LogP contribution in [0.3, 0.4) is 0 Å². The van der Waals surface area contributed by atoms with Gasteiger partial charge < -0.3 is 19.8 Å². The second-order valence-corrected chi connectivity index (χ2v) is 12.5. The Morgan fingerprint density at radius 2 is 0.979 bits per heavy atom. The van der Waals surface area contributed by atoms with E-state index < -0.39 is 23.2 Å². The number of rotatable bonds is 10. The molecule has 7 heteroatoms. The lowest BCUT2D eigenvalue weighted by atomic mass is 9.61. The molecule has 2 aromatic heterocycles. The summed E-state index contributed by atoms with van der Waals surface area (Å²) in [6.45, 7) is 0. The molecule has 8 rings (SSSR count). The lowest BCUT2D eigenvalue weighted by molar-refractivity contribution is -0.137. The molecule has 4 unspecified atom stereocenters. The van der Waals surface area contributed by atoms with E-state index in [9.17, 15) is 0 Å². The fourth-order valence-electron chi connectivity index (χ4n) is 7.34. The van der Waals surface area contributed by atoms with E-state index in [0.717, 1.165) is 33.4 Å². The molecule has 236 valence electrons. The average molecular weight is 629 g/mol. The summed E-state index contributed by atoms with van der Waals surface area (Å²) in [6.07, 6.45) is 20.2. The summed E-state index contributed by atoms with van der Waals surface area (Å²) in [5, 5.41) is 7.62. The number of allylic oxidation sites excluding steroid dienone is 6. The molecule has 0 spiro atoms. The molecule has 4 aromatic carbocycles. The summed E-state index contributed by atoms with van der Waals surface area (Å²) in [4.78, 5) is 25.8. The molecule has 2 aliphatic carbocycles. The summed E-state index contributed by atoms with van der Waals surface area (Å²) in [5.74, 6) is 0.0913. The largest absolute Gasteiger partial charge is 0.364 e. The molecule has 48 heavy (non-hydrogen) atoms. The van der Waals surface area contributed by atoms with Crippen LogP contribution in [0, 0.1) is 10.8 Å². The zero-order chi connectivity index (χ0) is 32.4. The van der Waals surface area contributed by atoms with Gasteiger partial charge in [0.05, 0.1) is 45.6 Å². The number of imidazole rings is 2. The first kappa shape index (κ1) is 29.5. The maximum Gasteiger partial charge on any atom is 0.161 e. The number of aromatic nitrogens is 4. The smallest absolute Gasteiger partial charge is 0.161 e. The molecule has 0 saturated heterocycles. The summed E-state index contributed by atoms with van der Waals surface area (Å²) >= 11 is 0. The Morgan fingerprint density at radius 3 is 1.40 bits per heavy atom. The van der Waals surface area contributed by atoms with Crippen LogP contribution in [0.5, 0.6) is 0 Å². The Bertz CT molecular complexity index is 2040. The van der Waals surface area contributed by atoms with E-state index in [1.807, 2.05) is 134 Å². The van der Waals surface area contributed by atoms with Gasteiger partial charge in [0.2, 0.25) is 0 Å². The Morgan fingerprint density at radius 1 is 0.562 bits per heavy atom. The minimum Gasteiger partial charge on any atom is -0.364 e. The predicted octanol–water partition coefficient (Wildman–Crippen LogP) is 8.88. The van der Waals surface area contributed by atoms with Crippen molar-refractivity contribution in [3.05, 3.63) is 170 Å². The van der Waals surface area contributed by atoms with Crippen molar-refractivity contribution in [2.75, 3.05) is 10.6 Å². The van der Waals surface area contributed by atoms with Crippen molar-refractivity contribution >= 4 is 39.2 Å². The highest BCUT2D eigenvalue weighted by atomic mass is 16.1. The number of nitrogens with zero attached hydrogens (tertiary/aromatic N) is 4. The van der Waals surface area contributed by atoms with Crippen LogP contribution in [0.1, 0.15) is 25.2 Å². The number of nitrogens with one attached hydrogen (secondary N) is 2. The fraction of sp³-hybridized carbons (Fsp3) is 0.146. The van der Waals surface area contributed by atoms with Gasteiger partial charge in [-0.05, 0) is 61.4 Å². The first-order chi connectivity index (χ1) is 23.7. The zero-order valence-corrected chi connectivity index (χ0v) is 26.4. The highest BCUT2D eigenvalue weighted by Gasteiger charge is 2.56. The lowest BCUT2D eigenvalue weighted by Gasteiger charge is -2.48. The van der Waals surface area contributed by atoms with Gasteiger partial charge >= 0.3 is 0 Å². The molecular weight excluding hydrogens is 592 g/mol. The quantitative estimate of drug-likeness (QED) is 0.158. The number of Topliss-reactive ketones (excluding diaryl/α,β-unsaturated/α-hetero) is 1. The van der Waals surface area contributed by atoms with Gasteiger partial charge in [-0.1, -0.05) is 109 Å². The Hall–Kier alpha value is -5.95. The molecule has 6 aromatic rings. The topological polar surface area (TPSA) is 76.8 Å². The molecule has 2 N–H and O–H groups in total. The molecular formula is C41H36N6O. The number of ketones is 1. The van der Waals surface area contributed by atoms with Crippen molar-refractivity contribution < 1.29 is 4.79 Å². The number of anilines is 2. The first-order valence-electron chi connectivity index (χ1n) is 16.4. The maximum atomic E-state index is 16.2. The van der Waals surface area contributed by atoms with Crippen molar-refractivity contribution in [3.8, 4) is 0 Å². The molecule has 2 heterocycles. The predicted molar refractivity (Wildman–Crippen MR) is 193 cm³/mol. The number of benzene rings is 4. The maximum absolute atomic E-state index is 16.2. The van der Waals surface area contributed by atoms with Crippen molar-refractivity contribution in [3.63, 3.8) is 0 Å². The second kappa shape index (κ2) is 12.3. The number of hydrogen-bond donors (Lipinski definition) is 2. The van der Waals surface area contributed by atoms with Gasteiger partial charge in [-0.2, -0.15) is 0 Å². The van der Waals surface area contributed by atoms with Crippen LogP contribution < -0.4 is 10.6 Å². The molecule has 0 fully saturated rings. The monoisotopic (exact) mass is 628 g/mol. The van der Waals surface area contributed by atoms with Gasteiger partial charge in [-0.25, -0.2) is 9.97 Å². The van der Waals surface area contributed by atoms with Gasteiger partial charge in [0, 0.05) is 11.4 Å². The van der Waals surface area contributed by atoms with Crippen LogP contribution in [0.4, 0.5) is 11.4 Å². The molecule has 0 aliphatic heterocycles. The van der Waals surface area contributed by atoms with E-state index >= 15 is 4.79 Å². The molecule has 0 amide bonds. The molecule has 4 atom stereocenters. The van der Waals surface area contributed by atoms with Crippen LogP contribution in [-0.2, 0) is 4.79 Å². The normalized spacial score (nSPS) is 21.3. The number of fused-ring (bicyclic) bond motifs is 2. The molecule has 0 bridgehead atoms. The zero-order valence-electron chi connectivity index (χ0n) is 26.4. The van der Waals surface area contributed by atoms with E-state index in [1.54, 1.807) is 0 Å². The Balaban J connectivity index is 1.35. The van der Waals surface area contributed by atoms with Gasteiger partial charge in [-0.15, -0.1) is 0 Å². The SMILES string of the molecule is O=C(C1(C(Nc2ccccc2)n2cnc3ccccc32)C=CC=CC1)C1(C(Nc2ccccc2)n2cnc3ccccc32)C=CC=CC1. The van der Waals surface area contributed by atoms with Gasteiger partial charge in [-0.3, -0.25) is 4.79 Å². The first-order valence-corrected chi connectivity index (χ1v) is 16.4. The third kappa shape index (κ3) is 5.04. The van der Waals surface area contributed by atoms with Gasteiger partial charge in [0.25, 0.3) is 0 Å². The van der Waals surface area contributed by atoms with Crippen molar-refractivity contribution in [1.82, 2.24) is 19.1 Å². The van der Waals surface area contributed by atoms with Crippen molar-refractivity contribution in [2.45, 2.75) is 25.2 Å². The Labute approximate surface area is 279 Å². The second-order valence-electron chi connectivity index (χ2n) is 12.5. The average Bonchev–Trinajstić information content (AvgIpc) is 3.79. The number of para-hydroxylation sites is 6. The summed E-state index contributed by atoms with van der Waals surface area (Å²) in [7, 11) is 0. The molecule has 2 aliphatic rings. The minimum absolute atomic E-state index is 0.0913. The van der Waals surface area contributed by atoms with Crippen molar-refractivity contribution in [2.24, 2.45) is 10.8 Å². The standard InChI is InChI=1S/C41H36N6O/c48-37(40(25-13-3-14-26-40)38(44-31-17-5-1-6-18-31)46-29-42-33-21-9-11-23-35(33)46)41(27-15-4-16-28-41)39(45-32-19-7-2-8-20-32)47-30-43-34-22-10-12-24-36(34)47/h1-25,27,29-30,38-39,44-45H,26,28H2. The van der Waals surface area contributed by atoms with E-state index in [4.69, 9.17) is 9.97 Å². The van der Waals surface area contributed by atoms with E-state index in [1.165, 1.54) is 0 Å². The highest BCUT2D eigenvalue weighted by molar-refractivity contribution is 5.96. The summed E-state index contributed by atoms with van der Waals surface area (Å²) in [6, 6.07) is 36.4. The third-order valence-corrected chi connectivity index (χ3v) is 9.69. The van der Waals surface area contributed by atoms with Gasteiger partial charge in [0.1, 0.15) is 12.3 Å². The van der Waals surface area contributed by atoms with E-state index in [2.05, 4.69) is 56.2 Å². The van der Waals surface area contributed by atoms with E-state index in [-0.39, 0.29) is 5.78 Å². The summed E-state index contributed by atoms with van der Waals surface area (Å²) in [5.41, 5.74) is 3.46. The third-order valence-electron chi connectivity index (χ3n) is 9.69.